The van der Waals surface area contributed by atoms with Gasteiger partial charge in [-0.1, -0.05) is 93.7 Å². The normalized spacial score (nSPS) is 48.5. The van der Waals surface area contributed by atoms with Crippen molar-refractivity contribution in [3.63, 3.8) is 0 Å². The third-order valence-corrected chi connectivity index (χ3v) is 33.6. The predicted molar refractivity (Wildman–Crippen MR) is 464 cm³/mol. The van der Waals surface area contributed by atoms with Crippen LogP contribution in [0.4, 0.5) is 0 Å². The minimum atomic E-state index is -2.27. The molecular weight excluding hydrogens is 1850 g/mol. The maximum atomic E-state index is 16.4. The molecule has 8 aliphatic heterocycles. The number of aliphatic carboxylic acids is 1. The summed E-state index contributed by atoms with van der Waals surface area (Å²) in [6.07, 6.45) is -64.0. The molecule has 0 spiro atoms. The highest BCUT2D eigenvalue weighted by Gasteiger charge is 2.74. The van der Waals surface area contributed by atoms with Crippen molar-refractivity contribution >= 4 is 30.0 Å². The summed E-state index contributed by atoms with van der Waals surface area (Å²) in [4.78, 5) is 72.4. The average molecular weight is 2000 g/mol. The molecule has 12 fully saturated rings. The van der Waals surface area contributed by atoms with Crippen molar-refractivity contribution in [3.05, 3.63) is 11.6 Å². The molecule has 5 aliphatic carbocycles. The second kappa shape index (κ2) is 44.7. The van der Waals surface area contributed by atoms with Gasteiger partial charge in [-0.2, -0.15) is 0 Å². The van der Waals surface area contributed by atoms with Gasteiger partial charge in [-0.25, -0.2) is 4.79 Å². The Morgan fingerprint density at radius 1 is 0.532 bits per heavy atom. The molecule has 47 heteroatoms. The number of carboxylic acids is 1. The van der Waals surface area contributed by atoms with E-state index in [1.165, 1.54) is 6.92 Å². The molecule has 0 aromatic rings. The number of fused-ring (bicyclic) bond motifs is 7. The summed E-state index contributed by atoms with van der Waals surface area (Å²) in [5, 5.41) is 273. The molecule has 51 atom stereocenters. The van der Waals surface area contributed by atoms with Crippen LogP contribution < -0.4 is 10.6 Å². The van der Waals surface area contributed by atoms with E-state index >= 15 is 4.79 Å². The van der Waals surface area contributed by atoms with Crippen LogP contribution in [0.5, 0.6) is 0 Å². The number of carbonyl (C=O) groups excluding carboxylic acids is 4. The van der Waals surface area contributed by atoms with Gasteiger partial charge < -0.3 is 214 Å². The number of nitrogens with one attached hydrogen (secondary N) is 2. The highest BCUT2D eigenvalue weighted by molar-refractivity contribution is 5.80. The molecule has 0 bridgehead atoms. The maximum Gasteiger partial charge on any atom is 0.335 e. The lowest BCUT2D eigenvalue weighted by molar-refractivity contribution is -0.391. The molecule has 26 N–H and O–H groups in total. The summed E-state index contributed by atoms with van der Waals surface area (Å²) in [7, 11) is 0. The molecular formula is C92H150N2O45. The summed E-state index contributed by atoms with van der Waals surface area (Å²) in [6.45, 7) is 15.2. The minimum absolute atomic E-state index is 0.0183. The Morgan fingerprint density at radius 2 is 1.10 bits per heavy atom. The largest absolute Gasteiger partial charge is 0.479 e. The van der Waals surface area contributed by atoms with Crippen LogP contribution in [0.3, 0.4) is 0 Å². The molecule has 2 amide bonds. The molecule has 0 aromatic carbocycles. The van der Waals surface area contributed by atoms with Gasteiger partial charge in [0.05, 0.1) is 107 Å². The summed E-state index contributed by atoms with van der Waals surface area (Å²) >= 11 is 0. The van der Waals surface area contributed by atoms with Crippen LogP contribution in [0.1, 0.15) is 172 Å². The molecule has 139 heavy (non-hydrogen) atoms. The van der Waals surface area contributed by atoms with Gasteiger partial charge in [-0.15, -0.1) is 0 Å². The number of hydrogen-bond donors (Lipinski definition) is 26. The Bertz CT molecular complexity index is 4130. The van der Waals surface area contributed by atoms with Crippen LogP contribution in [0, 0.1) is 62.1 Å². The molecule has 4 saturated carbocycles. The molecule has 798 valence electrons. The highest BCUT2D eigenvalue weighted by Crippen LogP contribution is 2.76. The van der Waals surface area contributed by atoms with Crippen molar-refractivity contribution < 1.29 is 222 Å². The molecule has 0 radical (unpaired) electrons. The number of esters is 1. The molecule has 8 saturated heterocycles. The monoisotopic (exact) mass is 2000 g/mol. The van der Waals surface area contributed by atoms with E-state index in [0.717, 1.165) is 11.9 Å². The molecule has 47 nitrogen and oxygen atoms in total. The Kier molecular flexibility index (Phi) is 36.0. The Labute approximate surface area is 803 Å². The number of ether oxygens (including phenoxy) is 16. The van der Waals surface area contributed by atoms with Gasteiger partial charge in [0.15, 0.2) is 56.2 Å². The number of carbonyl (C=O) groups is 5. The van der Waals surface area contributed by atoms with Crippen molar-refractivity contribution in [1.29, 1.82) is 0 Å². The molecule has 13 rings (SSSR count). The van der Waals surface area contributed by atoms with Crippen molar-refractivity contribution in [1.82, 2.24) is 10.6 Å². The molecule has 8 heterocycles. The third kappa shape index (κ3) is 21.8. The summed E-state index contributed by atoms with van der Waals surface area (Å²) in [5.41, 5.74) is -7.86. The first-order valence-electron chi connectivity index (χ1n) is 48.6. The van der Waals surface area contributed by atoms with Gasteiger partial charge >= 0.3 is 11.9 Å². The zero-order valence-electron chi connectivity index (χ0n) is 80.0. The number of amides is 2. The van der Waals surface area contributed by atoms with Crippen LogP contribution >= 0.6 is 0 Å². The van der Waals surface area contributed by atoms with Crippen LogP contribution in [-0.2, 0) is 99.8 Å². The smallest absolute Gasteiger partial charge is 0.335 e. The zero-order valence-corrected chi connectivity index (χ0v) is 80.0. The summed E-state index contributed by atoms with van der Waals surface area (Å²) in [6, 6.07) is -2.60. The maximum absolute atomic E-state index is 16.4. The van der Waals surface area contributed by atoms with Crippen molar-refractivity contribution in [2.45, 2.75) is 424 Å². The van der Waals surface area contributed by atoms with E-state index in [4.69, 9.17) is 75.8 Å². The van der Waals surface area contributed by atoms with E-state index in [1.54, 1.807) is 13.8 Å². The summed E-state index contributed by atoms with van der Waals surface area (Å²) < 4.78 is 96.5. The van der Waals surface area contributed by atoms with Gasteiger partial charge in [0.1, 0.15) is 152 Å². The second-order valence-corrected chi connectivity index (χ2v) is 42.9. The molecule has 0 aromatic heterocycles. The van der Waals surface area contributed by atoms with Crippen molar-refractivity contribution in [2.75, 3.05) is 46.2 Å². The number of carboxylic acid groups (broad SMARTS) is 1. The number of rotatable bonds is 36. The summed E-state index contributed by atoms with van der Waals surface area (Å²) in [5.74, 6) is -6.83. The number of aliphatic hydroxyl groups excluding tert-OH is 22. The lowest BCUT2D eigenvalue weighted by atomic mass is 9.33. The Morgan fingerprint density at radius 3 is 1.73 bits per heavy atom. The van der Waals surface area contributed by atoms with E-state index in [-0.39, 0.29) is 56.3 Å². The molecule has 13 aliphatic rings. The topological polar surface area (TPSA) is 743 Å². The van der Waals surface area contributed by atoms with Crippen LogP contribution in [-0.4, -0.2) is 450 Å². The van der Waals surface area contributed by atoms with Crippen molar-refractivity contribution in [2.24, 2.45) is 62.1 Å². The fraction of sp³-hybridized carbons (Fsp3) is 0.924. The second-order valence-electron chi connectivity index (χ2n) is 42.9. The average Bonchev–Trinajstić information content (AvgIpc) is 1.33. The number of aldehydes is 1. The van der Waals surface area contributed by atoms with E-state index in [2.05, 4.69) is 30.6 Å². The minimum Gasteiger partial charge on any atom is -0.479 e. The first-order chi connectivity index (χ1) is 65.3. The number of hydrogen-bond acceptors (Lipinski definition) is 44. The van der Waals surface area contributed by atoms with E-state index in [0.29, 0.717) is 44.9 Å². The standard InChI is InChI=1S/C92H150N2O45/c1-12-36(3)43(93-54(105)25-40(101)23-46(37(4)13-2)128-80-64(114)59(109)49(30-97)130-80)22-39(100)24-55(106)94-56-47(28-95)129-82(73(60(56)110)137-79-66(116)62(112)69(38(5)127-79)133-78-68(118)70(45(103)32-125-78)134-84-75(119)91(123,34-99)35-126-84)139-85(122)92-21-20-86(6,7)26-42(92)41-14-15-51-87(8)18-17-53(88(9,33-98)50(87)16-19-89(51,10)90(41,11)27-52(92)104)132-83-74(138-81-65(115)61(111)58(108)48(29-96)131-81)71(67(117)72(136-83)76(120)121)135-77-63(113)57(107)44(102)31-124-77/h14,33,36-40,42-53,56-75,77-84,95-97,99-104,107-119,123H,12-13,15-32,34-35H2,1-11H3,(H,93,105)(H,94,106)(H,120,121)/t36-,37-,38?,39-,40-,42?,43-,44+,45+,46-,47?,48?,49-,50+,51?,52?,53-,56-,57-,58-,59?,60?,61-,62?,63?,64?,65?,66?,67-,68?,69-,70?,71-,72?,73?,74?,75?,77-,78-,79?,80+,81-,82-,83+,84-,87?,88+,89-,90+,91-,92+/m0/s1. The van der Waals surface area contributed by atoms with Crippen molar-refractivity contribution in [3.8, 4) is 0 Å². The van der Waals surface area contributed by atoms with Gasteiger partial charge in [0, 0.05) is 12.5 Å². The Hall–Kier alpha value is -4.23. The van der Waals surface area contributed by atoms with Gasteiger partial charge in [-0.3, -0.25) is 14.4 Å². The predicted octanol–water partition coefficient (Wildman–Crippen LogP) is -7.57. The fourth-order valence-corrected chi connectivity index (χ4v) is 24.5. The van der Waals surface area contributed by atoms with E-state index in [1.807, 2.05) is 41.5 Å². The first kappa shape index (κ1) is 112. The first-order valence-corrected chi connectivity index (χ1v) is 48.6. The number of allylic oxidation sites excluding steroid dienone is 2. The van der Waals surface area contributed by atoms with Crippen LogP contribution in [0.15, 0.2) is 11.6 Å². The van der Waals surface area contributed by atoms with Crippen LogP contribution in [0.25, 0.3) is 0 Å². The van der Waals surface area contributed by atoms with E-state index in [9.17, 15) is 142 Å². The van der Waals surface area contributed by atoms with Crippen LogP contribution in [0.2, 0.25) is 0 Å². The van der Waals surface area contributed by atoms with Gasteiger partial charge in [0.2, 0.25) is 18.1 Å². The third-order valence-electron chi connectivity index (χ3n) is 33.6. The van der Waals surface area contributed by atoms with Gasteiger partial charge in [-0.05, 0) is 122 Å². The highest BCUT2D eigenvalue weighted by atomic mass is 16.8. The number of aliphatic hydroxyl groups is 23. The lowest BCUT2D eigenvalue weighted by Crippen LogP contribution is -2.70. The zero-order chi connectivity index (χ0) is 102. The lowest BCUT2D eigenvalue weighted by Gasteiger charge is -2.71. The van der Waals surface area contributed by atoms with Gasteiger partial charge in [0.25, 0.3) is 0 Å². The SMILES string of the molecule is CC[C@H](C)[C@H](C[C@H](O)CC(=O)N[C@H]1C(CO)O[C@@H](OC(=O)[C@]23CCC(C)(C)CC2C2=CCC4C5(C)CC[C@H](O[C@@H]6OC(C(=O)O)[C@@H](O)[C@H](O[C@@H]7OC[C@@H](O)[C@H](O)C7O)C6O[C@@H]6OC(CO)[C@H](O)[C@H](O)C6O)[C@](C)(C=O)[C@@H]5CC[C@]4(C)[C@]2(C)CC3O)C(OC2OC(C)[C@H](O[C@@H]3OC[C@@H](O)C(O[C@@H]4OC[C@@](O)(CO)C4O)C3O)C(O)C2O)C1O)NC(=O)C[C@@H](O)C[C@H](O[C@@H]1O[C@@H](CO)C(O)C1O)[C@@H](C)CC. The Balaban J connectivity index is 0.754. The van der Waals surface area contributed by atoms with E-state index < -0.39 is 378 Å². The molecule has 21 unspecified atom stereocenters. The fourth-order valence-electron chi connectivity index (χ4n) is 24.5. The quantitative estimate of drug-likeness (QED) is 0.0120.